The number of aliphatic hydroxyl groups excluding tert-OH is 1. The minimum atomic E-state index is -0.644. The molecule has 0 aromatic heterocycles. The van der Waals surface area contributed by atoms with Crippen molar-refractivity contribution in [2.24, 2.45) is 0 Å². The van der Waals surface area contributed by atoms with Crippen molar-refractivity contribution in [2.75, 3.05) is 13.7 Å². The van der Waals surface area contributed by atoms with E-state index in [1.165, 1.54) is 5.56 Å². The Kier molecular flexibility index (Phi) is 3.64. The molecule has 2 unspecified atom stereocenters. The van der Waals surface area contributed by atoms with E-state index in [4.69, 9.17) is 9.47 Å². The van der Waals surface area contributed by atoms with Crippen LogP contribution in [0.1, 0.15) is 42.6 Å². The van der Waals surface area contributed by atoms with E-state index in [9.17, 15) is 5.11 Å². The largest absolute Gasteiger partial charge is 0.496 e. The molecule has 1 saturated heterocycles. The lowest BCUT2D eigenvalue weighted by Crippen LogP contribution is -2.32. The van der Waals surface area contributed by atoms with Gasteiger partial charge in [0.15, 0.2) is 0 Å². The maximum atomic E-state index is 10.6. The van der Waals surface area contributed by atoms with Gasteiger partial charge in [-0.15, -0.1) is 0 Å². The summed E-state index contributed by atoms with van der Waals surface area (Å²) in [6.07, 6.45) is 1.24. The van der Waals surface area contributed by atoms with Crippen LogP contribution in [0.2, 0.25) is 0 Å². The SMILES string of the molecule is COc1c(C(O)C2(C)CCCO2)ccc(C)c1C. The molecular weight excluding hydrogens is 228 g/mol. The third-order valence-corrected chi connectivity index (χ3v) is 4.03. The number of methoxy groups -OCH3 is 1. The lowest BCUT2D eigenvalue weighted by Gasteiger charge is -2.31. The average Bonchev–Trinajstić information content (AvgIpc) is 2.80. The van der Waals surface area contributed by atoms with Crippen molar-refractivity contribution in [3.63, 3.8) is 0 Å². The monoisotopic (exact) mass is 250 g/mol. The summed E-state index contributed by atoms with van der Waals surface area (Å²) in [5, 5.41) is 10.6. The molecular formula is C15H22O3. The zero-order chi connectivity index (χ0) is 13.3. The van der Waals surface area contributed by atoms with Gasteiger partial charge >= 0.3 is 0 Å². The molecule has 1 fully saturated rings. The molecule has 0 spiro atoms. The van der Waals surface area contributed by atoms with Crippen molar-refractivity contribution >= 4 is 0 Å². The van der Waals surface area contributed by atoms with E-state index in [1.54, 1.807) is 7.11 Å². The predicted molar refractivity (Wildman–Crippen MR) is 71.0 cm³/mol. The molecule has 2 rings (SSSR count). The fourth-order valence-electron chi connectivity index (χ4n) is 2.64. The smallest absolute Gasteiger partial charge is 0.127 e. The van der Waals surface area contributed by atoms with Crippen LogP contribution >= 0.6 is 0 Å². The summed E-state index contributed by atoms with van der Waals surface area (Å²) in [6.45, 7) is 6.75. The number of hydrogen-bond acceptors (Lipinski definition) is 3. The normalized spacial score (nSPS) is 25.2. The topological polar surface area (TPSA) is 38.7 Å². The average molecular weight is 250 g/mol. The number of ether oxygens (including phenoxy) is 2. The minimum absolute atomic E-state index is 0.491. The lowest BCUT2D eigenvalue weighted by molar-refractivity contribution is -0.0803. The zero-order valence-corrected chi connectivity index (χ0v) is 11.6. The van der Waals surface area contributed by atoms with Gasteiger partial charge in [0.25, 0.3) is 0 Å². The molecule has 18 heavy (non-hydrogen) atoms. The standard InChI is InChI=1S/C15H22O3/c1-10-6-7-12(13(17-4)11(10)2)14(16)15(3)8-5-9-18-15/h6-7,14,16H,5,8-9H2,1-4H3. The first-order valence-corrected chi connectivity index (χ1v) is 6.45. The zero-order valence-electron chi connectivity index (χ0n) is 11.6. The van der Waals surface area contributed by atoms with Gasteiger partial charge in [0.1, 0.15) is 11.9 Å². The maximum absolute atomic E-state index is 10.6. The van der Waals surface area contributed by atoms with Crippen LogP contribution in [0.5, 0.6) is 5.75 Å². The second-order valence-electron chi connectivity index (χ2n) is 5.30. The summed E-state index contributed by atoms with van der Waals surface area (Å²) >= 11 is 0. The molecule has 0 bridgehead atoms. The van der Waals surface area contributed by atoms with Crippen LogP contribution < -0.4 is 4.74 Å². The van der Waals surface area contributed by atoms with Crippen molar-refractivity contribution in [2.45, 2.75) is 45.3 Å². The summed E-state index contributed by atoms with van der Waals surface area (Å²) < 4.78 is 11.2. The Labute approximate surface area is 109 Å². The van der Waals surface area contributed by atoms with Crippen molar-refractivity contribution in [1.29, 1.82) is 0 Å². The van der Waals surface area contributed by atoms with Crippen molar-refractivity contribution in [3.8, 4) is 5.75 Å². The van der Waals surface area contributed by atoms with Gasteiger partial charge in [-0.1, -0.05) is 12.1 Å². The van der Waals surface area contributed by atoms with Crippen molar-refractivity contribution in [3.05, 3.63) is 28.8 Å². The molecule has 100 valence electrons. The third kappa shape index (κ3) is 2.13. The van der Waals surface area contributed by atoms with Crippen molar-refractivity contribution < 1.29 is 14.6 Å². The molecule has 1 aliphatic heterocycles. The first-order chi connectivity index (χ1) is 8.49. The van der Waals surface area contributed by atoms with Gasteiger partial charge in [0.2, 0.25) is 0 Å². The maximum Gasteiger partial charge on any atom is 0.127 e. The summed E-state index contributed by atoms with van der Waals surface area (Å²) in [4.78, 5) is 0. The Morgan fingerprint density at radius 2 is 2.11 bits per heavy atom. The molecule has 0 aliphatic carbocycles. The van der Waals surface area contributed by atoms with E-state index >= 15 is 0 Å². The molecule has 1 heterocycles. The molecule has 1 aromatic carbocycles. The van der Waals surface area contributed by atoms with Crippen LogP contribution in [-0.2, 0) is 4.74 Å². The molecule has 1 aliphatic rings. The third-order valence-electron chi connectivity index (χ3n) is 4.03. The highest BCUT2D eigenvalue weighted by Gasteiger charge is 2.39. The fraction of sp³-hybridized carbons (Fsp3) is 0.600. The van der Waals surface area contributed by atoms with Gasteiger partial charge in [-0.05, 0) is 44.7 Å². The van der Waals surface area contributed by atoms with Crippen LogP contribution in [0.15, 0.2) is 12.1 Å². The second-order valence-corrected chi connectivity index (χ2v) is 5.30. The van der Waals surface area contributed by atoms with Crippen molar-refractivity contribution in [1.82, 2.24) is 0 Å². The predicted octanol–water partition coefficient (Wildman–Crippen LogP) is 2.91. The molecule has 0 amide bonds. The number of hydrogen-bond donors (Lipinski definition) is 1. The van der Waals surface area contributed by atoms with E-state index in [0.29, 0.717) is 0 Å². The summed E-state index contributed by atoms with van der Waals surface area (Å²) in [7, 11) is 1.65. The highest BCUT2D eigenvalue weighted by atomic mass is 16.5. The summed E-state index contributed by atoms with van der Waals surface area (Å²) in [6, 6.07) is 3.97. The molecule has 1 aromatic rings. The van der Waals surface area contributed by atoms with E-state index in [-0.39, 0.29) is 0 Å². The number of aryl methyl sites for hydroxylation is 1. The molecule has 3 heteroatoms. The summed E-state index contributed by atoms with van der Waals surface area (Å²) in [5.41, 5.74) is 2.58. The van der Waals surface area contributed by atoms with E-state index in [1.807, 2.05) is 32.9 Å². The lowest BCUT2D eigenvalue weighted by atomic mass is 9.88. The van der Waals surface area contributed by atoms with E-state index in [2.05, 4.69) is 0 Å². The Balaban J connectivity index is 2.41. The minimum Gasteiger partial charge on any atom is -0.496 e. The number of rotatable bonds is 3. The highest BCUT2D eigenvalue weighted by molar-refractivity contribution is 5.47. The van der Waals surface area contributed by atoms with Crippen LogP contribution in [0.3, 0.4) is 0 Å². The molecule has 1 N–H and O–H groups in total. The van der Waals surface area contributed by atoms with Gasteiger partial charge in [0, 0.05) is 12.2 Å². The Morgan fingerprint density at radius 1 is 1.39 bits per heavy atom. The van der Waals surface area contributed by atoms with Gasteiger partial charge in [-0.2, -0.15) is 0 Å². The Hall–Kier alpha value is -1.06. The molecule has 0 saturated carbocycles. The first-order valence-electron chi connectivity index (χ1n) is 6.45. The molecule has 2 atom stereocenters. The van der Waals surface area contributed by atoms with Gasteiger partial charge in [0.05, 0.1) is 12.7 Å². The molecule has 3 nitrogen and oxygen atoms in total. The first kappa shape index (κ1) is 13.4. The van der Waals surface area contributed by atoms with E-state index < -0.39 is 11.7 Å². The van der Waals surface area contributed by atoms with Crippen LogP contribution in [0.25, 0.3) is 0 Å². The van der Waals surface area contributed by atoms with Crippen LogP contribution in [0.4, 0.5) is 0 Å². The number of aliphatic hydroxyl groups is 1. The van der Waals surface area contributed by atoms with Gasteiger partial charge in [-0.25, -0.2) is 0 Å². The van der Waals surface area contributed by atoms with Gasteiger partial charge in [-0.3, -0.25) is 0 Å². The second kappa shape index (κ2) is 4.90. The van der Waals surface area contributed by atoms with Crippen LogP contribution in [-0.4, -0.2) is 24.4 Å². The number of benzene rings is 1. The quantitative estimate of drug-likeness (QED) is 0.896. The highest BCUT2D eigenvalue weighted by Crippen LogP contribution is 2.41. The fourth-order valence-corrected chi connectivity index (χ4v) is 2.64. The van der Waals surface area contributed by atoms with E-state index in [0.717, 1.165) is 36.3 Å². The van der Waals surface area contributed by atoms with Gasteiger partial charge < -0.3 is 14.6 Å². The van der Waals surface area contributed by atoms with Crippen LogP contribution in [0, 0.1) is 13.8 Å². The Morgan fingerprint density at radius 3 is 2.67 bits per heavy atom. The molecule has 0 radical (unpaired) electrons. The summed E-state index contributed by atoms with van der Waals surface area (Å²) in [5.74, 6) is 0.777. The Bertz CT molecular complexity index is 434.